The average molecular weight is 449 g/mol. The van der Waals surface area contributed by atoms with E-state index in [1.807, 2.05) is 17.3 Å². The molecular weight excluding hydrogens is 424 g/mol. The summed E-state index contributed by atoms with van der Waals surface area (Å²) >= 11 is 1.69. The number of aliphatic imine (C=N–C) groups is 1. The first-order chi connectivity index (χ1) is 15.7. The number of nitrogens with one attached hydrogen (secondary N) is 1. The minimum Gasteiger partial charge on any atom is -0.377 e. The lowest BCUT2D eigenvalue weighted by Crippen LogP contribution is -2.50. The molecule has 3 aliphatic rings. The van der Waals surface area contributed by atoms with Crippen LogP contribution >= 0.6 is 11.3 Å². The number of hydrogen-bond donors (Lipinski definition) is 1. The third kappa shape index (κ3) is 3.36. The van der Waals surface area contributed by atoms with Crippen LogP contribution in [0.2, 0.25) is 0 Å². The number of aryl methyl sites for hydroxylation is 1. The molecule has 0 saturated carbocycles. The molecule has 0 unspecified atom stereocenters. The van der Waals surface area contributed by atoms with Gasteiger partial charge in [0.15, 0.2) is 0 Å². The Labute approximate surface area is 189 Å². The van der Waals surface area contributed by atoms with E-state index in [2.05, 4.69) is 38.3 Å². The number of ether oxygens (including phenoxy) is 1. The molecule has 1 saturated heterocycles. The Hall–Kier alpha value is -2.91. The molecule has 1 fully saturated rings. The van der Waals surface area contributed by atoms with E-state index in [9.17, 15) is 4.79 Å². The second-order valence-corrected chi connectivity index (χ2v) is 9.74. The summed E-state index contributed by atoms with van der Waals surface area (Å²) in [7, 11) is 0. The second-order valence-electron chi connectivity index (χ2n) is 8.66. The summed E-state index contributed by atoms with van der Waals surface area (Å²) in [5.41, 5.74) is 4.22. The lowest BCUT2D eigenvalue weighted by Gasteiger charge is -2.36. The van der Waals surface area contributed by atoms with Crippen LogP contribution in [0.25, 0.3) is 10.2 Å². The third-order valence-corrected chi connectivity index (χ3v) is 7.75. The van der Waals surface area contributed by atoms with E-state index in [0.717, 1.165) is 52.2 Å². The number of amides is 1. The van der Waals surface area contributed by atoms with Gasteiger partial charge in [0, 0.05) is 29.1 Å². The van der Waals surface area contributed by atoms with Gasteiger partial charge in [-0.2, -0.15) is 0 Å². The average Bonchev–Trinajstić information content (AvgIpc) is 3.42. The molecule has 8 nitrogen and oxygen atoms in total. The molecule has 3 aromatic heterocycles. The van der Waals surface area contributed by atoms with Gasteiger partial charge in [-0.05, 0) is 37.8 Å². The van der Waals surface area contributed by atoms with Gasteiger partial charge in [0.25, 0.3) is 0 Å². The third-order valence-electron chi connectivity index (χ3n) is 6.58. The van der Waals surface area contributed by atoms with Crippen molar-refractivity contribution in [1.82, 2.24) is 19.9 Å². The van der Waals surface area contributed by atoms with Gasteiger partial charge in [-0.25, -0.2) is 9.97 Å². The smallest absolute Gasteiger partial charge is 0.226 e. The number of hydrogen-bond acceptors (Lipinski definition) is 8. The van der Waals surface area contributed by atoms with Crippen LogP contribution < -0.4 is 5.32 Å². The summed E-state index contributed by atoms with van der Waals surface area (Å²) in [4.78, 5) is 35.3. The van der Waals surface area contributed by atoms with Crippen LogP contribution in [0, 0.1) is 5.92 Å². The fraction of sp³-hybridized carbons (Fsp3) is 0.435. The Kier molecular flexibility index (Phi) is 4.87. The quantitative estimate of drug-likeness (QED) is 0.662. The molecule has 1 amide bonds. The van der Waals surface area contributed by atoms with E-state index in [-0.39, 0.29) is 17.9 Å². The fourth-order valence-corrected chi connectivity index (χ4v) is 6.16. The van der Waals surface area contributed by atoms with Gasteiger partial charge < -0.3 is 15.0 Å². The molecule has 164 valence electrons. The molecule has 2 atom stereocenters. The molecule has 1 aliphatic carbocycles. The van der Waals surface area contributed by atoms with Gasteiger partial charge in [-0.15, -0.1) is 11.3 Å². The number of anilines is 2. The van der Waals surface area contributed by atoms with Crippen LogP contribution in [0.5, 0.6) is 0 Å². The number of nitrogens with zero attached hydrogens (tertiary/aromatic N) is 5. The zero-order chi connectivity index (χ0) is 21.7. The van der Waals surface area contributed by atoms with E-state index in [0.29, 0.717) is 26.3 Å². The zero-order valence-electron chi connectivity index (χ0n) is 17.9. The number of rotatable bonds is 3. The maximum absolute atomic E-state index is 13.2. The number of carbonyl (C=O) groups is 1. The number of pyridine rings is 1. The van der Waals surface area contributed by atoms with Gasteiger partial charge in [-0.3, -0.25) is 14.8 Å². The Balaban J connectivity index is 1.28. The number of aromatic nitrogens is 3. The van der Waals surface area contributed by atoms with E-state index in [1.165, 1.54) is 10.4 Å². The maximum atomic E-state index is 13.2. The molecule has 1 N–H and O–H groups in total. The second kappa shape index (κ2) is 7.90. The van der Waals surface area contributed by atoms with Gasteiger partial charge >= 0.3 is 0 Å². The molecule has 3 aromatic rings. The largest absolute Gasteiger partial charge is 0.377 e. The number of morpholine rings is 1. The molecule has 9 heteroatoms. The summed E-state index contributed by atoms with van der Waals surface area (Å²) < 4.78 is 5.51. The Morgan fingerprint density at radius 2 is 2.25 bits per heavy atom. The molecule has 2 aliphatic heterocycles. The van der Waals surface area contributed by atoms with Crippen LogP contribution in [0.3, 0.4) is 0 Å². The van der Waals surface area contributed by atoms with Crippen molar-refractivity contribution < 1.29 is 9.53 Å². The fourth-order valence-electron chi connectivity index (χ4n) is 4.89. The highest BCUT2D eigenvalue weighted by atomic mass is 32.1. The highest BCUT2D eigenvalue weighted by molar-refractivity contribution is 7.19. The number of carbonyl (C=O) groups excluding carboxylic acids is 1. The van der Waals surface area contributed by atoms with Gasteiger partial charge in [-0.1, -0.05) is 0 Å². The predicted octanol–water partition coefficient (Wildman–Crippen LogP) is 3.11. The first kappa shape index (κ1) is 19.8. The Bertz CT molecular complexity index is 1240. The van der Waals surface area contributed by atoms with Gasteiger partial charge in [0.2, 0.25) is 5.91 Å². The Morgan fingerprint density at radius 1 is 1.31 bits per heavy atom. The highest BCUT2D eigenvalue weighted by Gasteiger charge is 2.34. The van der Waals surface area contributed by atoms with Gasteiger partial charge in [0.1, 0.15) is 17.0 Å². The minimum absolute atomic E-state index is 0.0284. The first-order valence-electron chi connectivity index (χ1n) is 11.1. The van der Waals surface area contributed by atoms with E-state index in [4.69, 9.17) is 4.74 Å². The minimum atomic E-state index is 0.0284. The Morgan fingerprint density at radius 3 is 3.16 bits per heavy atom. The lowest BCUT2D eigenvalue weighted by molar-refractivity contribution is -0.143. The molecule has 0 bridgehead atoms. The van der Waals surface area contributed by atoms with Gasteiger partial charge in [0.05, 0.1) is 48.8 Å². The summed E-state index contributed by atoms with van der Waals surface area (Å²) in [6.07, 6.45) is 7.79. The normalized spacial score (nSPS) is 22.1. The summed E-state index contributed by atoms with van der Waals surface area (Å²) in [5, 5.41) is 4.52. The van der Waals surface area contributed by atoms with Crippen molar-refractivity contribution >= 4 is 45.2 Å². The van der Waals surface area contributed by atoms with E-state index in [1.54, 1.807) is 17.7 Å². The van der Waals surface area contributed by atoms with Crippen molar-refractivity contribution in [3.05, 3.63) is 40.3 Å². The lowest BCUT2D eigenvalue weighted by atomic mass is 9.86. The van der Waals surface area contributed by atoms with Crippen LogP contribution in [-0.2, 0) is 28.9 Å². The van der Waals surface area contributed by atoms with Crippen molar-refractivity contribution in [2.24, 2.45) is 10.9 Å². The summed E-state index contributed by atoms with van der Waals surface area (Å²) in [6.45, 7) is 4.66. The molecule has 6 rings (SSSR count). The molecule has 5 heterocycles. The van der Waals surface area contributed by atoms with Crippen molar-refractivity contribution in [2.45, 2.75) is 38.8 Å². The molecule has 32 heavy (non-hydrogen) atoms. The monoisotopic (exact) mass is 448 g/mol. The van der Waals surface area contributed by atoms with Crippen LogP contribution in [0.1, 0.15) is 35.0 Å². The van der Waals surface area contributed by atoms with Crippen LogP contribution in [0.15, 0.2) is 23.6 Å². The SMILES string of the molecule is C[C@H]1COCCN1C(=O)[C@H]1CCc2c(sc3ncnc(Nc4cnc5c(c4)C=NC5)c23)C1. The predicted molar refractivity (Wildman–Crippen MR) is 124 cm³/mol. The molecule has 0 radical (unpaired) electrons. The van der Waals surface area contributed by atoms with E-state index >= 15 is 0 Å². The van der Waals surface area contributed by atoms with Crippen LogP contribution in [0.4, 0.5) is 11.5 Å². The standard InChI is InChI=1S/C23H24N6O2S/c1-13-11-31-5-4-29(13)23(30)14-2-3-17-19(7-14)32-22-20(17)21(26-12-27-22)28-16-6-15-8-24-10-18(15)25-9-16/h6,8-9,12-14H,2-5,7,10-11H2,1H3,(H,26,27,28)/t13-,14-/m0/s1. The van der Waals surface area contributed by atoms with Crippen molar-refractivity contribution in [2.75, 3.05) is 25.1 Å². The first-order valence-corrected chi connectivity index (χ1v) is 11.9. The zero-order valence-corrected chi connectivity index (χ0v) is 18.7. The van der Waals surface area contributed by atoms with E-state index < -0.39 is 0 Å². The van der Waals surface area contributed by atoms with Crippen LogP contribution in [-0.4, -0.2) is 57.8 Å². The number of thiophene rings is 1. The summed E-state index contributed by atoms with van der Waals surface area (Å²) in [6, 6.07) is 2.21. The molecular formula is C23H24N6O2S. The van der Waals surface area contributed by atoms with Crippen molar-refractivity contribution in [3.8, 4) is 0 Å². The number of fused-ring (bicyclic) bond motifs is 4. The molecule has 0 aromatic carbocycles. The highest BCUT2D eigenvalue weighted by Crippen LogP contribution is 2.41. The topological polar surface area (TPSA) is 92.6 Å². The van der Waals surface area contributed by atoms with Crippen molar-refractivity contribution in [1.29, 1.82) is 0 Å². The maximum Gasteiger partial charge on any atom is 0.226 e. The van der Waals surface area contributed by atoms with Crippen molar-refractivity contribution in [3.63, 3.8) is 0 Å². The summed E-state index contributed by atoms with van der Waals surface area (Å²) in [5.74, 6) is 1.09. The molecule has 0 spiro atoms.